The van der Waals surface area contributed by atoms with Crippen LogP contribution in [0.15, 0.2) is 54.9 Å². The first kappa shape index (κ1) is 17.9. The van der Waals surface area contributed by atoms with Crippen molar-refractivity contribution in [1.82, 2.24) is 15.2 Å². The first-order chi connectivity index (χ1) is 12.3. The predicted molar refractivity (Wildman–Crippen MR) is 105 cm³/mol. The molecule has 1 fully saturated rings. The fourth-order valence-corrected chi connectivity index (χ4v) is 3.53. The monoisotopic (exact) mass is 338 g/mol. The fraction of sp³-hybridized carbons (Fsp3) is 0.476. The summed E-state index contributed by atoms with van der Waals surface area (Å²) in [6.07, 6.45) is 7.41. The van der Waals surface area contributed by atoms with Gasteiger partial charge in [0.2, 0.25) is 0 Å². The van der Waals surface area contributed by atoms with Crippen molar-refractivity contribution in [3.8, 4) is 0 Å². The van der Waals surface area contributed by atoms with Crippen molar-refractivity contribution in [3.05, 3.63) is 60.4 Å². The Hall–Kier alpha value is -1.91. The van der Waals surface area contributed by atoms with E-state index in [1.165, 1.54) is 30.5 Å². The lowest BCUT2D eigenvalue weighted by molar-refractivity contribution is 0.312. The van der Waals surface area contributed by atoms with Crippen LogP contribution in [-0.4, -0.2) is 49.2 Å². The van der Waals surface area contributed by atoms with Crippen LogP contribution in [0.25, 0.3) is 0 Å². The lowest BCUT2D eigenvalue weighted by Gasteiger charge is -2.34. The summed E-state index contributed by atoms with van der Waals surface area (Å²) in [7, 11) is 2.21. The van der Waals surface area contributed by atoms with Crippen molar-refractivity contribution in [2.45, 2.75) is 31.8 Å². The number of rotatable bonds is 8. The zero-order valence-corrected chi connectivity index (χ0v) is 15.3. The van der Waals surface area contributed by atoms with Gasteiger partial charge in [-0.2, -0.15) is 0 Å². The Labute approximate surface area is 151 Å². The van der Waals surface area contributed by atoms with Gasteiger partial charge in [0, 0.05) is 43.8 Å². The Morgan fingerprint density at radius 1 is 1.08 bits per heavy atom. The van der Waals surface area contributed by atoms with Gasteiger partial charge in [0.05, 0.1) is 0 Å². The molecule has 1 saturated heterocycles. The zero-order valence-electron chi connectivity index (χ0n) is 15.3. The number of anilines is 1. The topological polar surface area (TPSA) is 31.4 Å². The van der Waals surface area contributed by atoms with Crippen molar-refractivity contribution >= 4 is 5.69 Å². The zero-order chi connectivity index (χ0) is 17.3. The van der Waals surface area contributed by atoms with Crippen LogP contribution in [0.5, 0.6) is 0 Å². The van der Waals surface area contributed by atoms with Crippen LogP contribution in [0.2, 0.25) is 0 Å². The second-order valence-corrected chi connectivity index (χ2v) is 7.00. The van der Waals surface area contributed by atoms with E-state index in [4.69, 9.17) is 0 Å². The van der Waals surface area contributed by atoms with Crippen LogP contribution in [-0.2, 0) is 6.54 Å². The molecule has 1 N–H and O–H groups in total. The minimum Gasteiger partial charge on any atom is -0.371 e. The number of piperidine rings is 1. The first-order valence-corrected chi connectivity index (χ1v) is 9.42. The van der Waals surface area contributed by atoms with Gasteiger partial charge in [0.15, 0.2) is 0 Å². The molecular weight excluding hydrogens is 308 g/mol. The number of hydrogen-bond donors (Lipinski definition) is 1. The maximum Gasteiger partial charge on any atom is 0.0397 e. The molecule has 0 amide bonds. The highest BCUT2D eigenvalue weighted by Crippen LogP contribution is 2.18. The molecule has 4 nitrogen and oxygen atoms in total. The van der Waals surface area contributed by atoms with E-state index >= 15 is 0 Å². The minimum atomic E-state index is 0.664. The van der Waals surface area contributed by atoms with Crippen LogP contribution in [0.3, 0.4) is 0 Å². The third-order valence-electron chi connectivity index (χ3n) is 4.97. The molecule has 1 aliphatic rings. The maximum atomic E-state index is 4.10. The molecule has 1 aliphatic heterocycles. The molecular formula is C21H30N4. The summed E-state index contributed by atoms with van der Waals surface area (Å²) in [5, 5.41) is 3.75. The van der Waals surface area contributed by atoms with Crippen molar-refractivity contribution in [2.75, 3.05) is 38.1 Å². The van der Waals surface area contributed by atoms with Gasteiger partial charge in [0.1, 0.15) is 0 Å². The number of benzene rings is 1. The molecule has 0 unspecified atom stereocenters. The summed E-state index contributed by atoms with van der Waals surface area (Å²) in [6.45, 7) is 5.55. The Bertz CT molecular complexity index is 594. The van der Waals surface area contributed by atoms with E-state index in [2.05, 4.69) is 69.6 Å². The quantitative estimate of drug-likeness (QED) is 0.749. The summed E-state index contributed by atoms with van der Waals surface area (Å²) in [5.74, 6) is 0. The SMILES string of the molecule is CN(CCCNC1CCN(c2ccncc2)CC1)Cc1ccccc1. The molecule has 0 bridgehead atoms. The molecule has 3 rings (SSSR count). The molecule has 2 aromatic rings. The highest BCUT2D eigenvalue weighted by atomic mass is 15.1. The molecule has 134 valence electrons. The average molecular weight is 338 g/mol. The minimum absolute atomic E-state index is 0.664. The van der Waals surface area contributed by atoms with Gasteiger partial charge in [-0.1, -0.05) is 30.3 Å². The van der Waals surface area contributed by atoms with Crippen LogP contribution in [0.4, 0.5) is 5.69 Å². The van der Waals surface area contributed by atoms with Crippen LogP contribution >= 0.6 is 0 Å². The summed E-state index contributed by atoms with van der Waals surface area (Å²) >= 11 is 0. The van der Waals surface area contributed by atoms with Crippen LogP contribution in [0, 0.1) is 0 Å². The third kappa shape index (κ3) is 5.83. The molecule has 0 radical (unpaired) electrons. The second kappa shape index (κ2) is 9.54. The van der Waals surface area contributed by atoms with Gasteiger partial charge in [-0.3, -0.25) is 4.98 Å². The van der Waals surface area contributed by atoms with Crippen LogP contribution < -0.4 is 10.2 Å². The lowest BCUT2D eigenvalue weighted by Crippen LogP contribution is -2.43. The summed E-state index contributed by atoms with van der Waals surface area (Å²) in [6, 6.07) is 15.6. The number of nitrogens with zero attached hydrogens (tertiary/aromatic N) is 3. The van der Waals surface area contributed by atoms with Crippen molar-refractivity contribution in [2.24, 2.45) is 0 Å². The van der Waals surface area contributed by atoms with Crippen LogP contribution in [0.1, 0.15) is 24.8 Å². The molecule has 0 aliphatic carbocycles. The Morgan fingerprint density at radius 3 is 2.52 bits per heavy atom. The first-order valence-electron chi connectivity index (χ1n) is 9.42. The largest absolute Gasteiger partial charge is 0.371 e. The van der Waals surface area contributed by atoms with Gasteiger partial charge in [-0.15, -0.1) is 0 Å². The van der Waals surface area contributed by atoms with Gasteiger partial charge in [-0.05, 0) is 57.1 Å². The number of aromatic nitrogens is 1. The van der Waals surface area contributed by atoms with E-state index in [-0.39, 0.29) is 0 Å². The Kier molecular flexibility index (Phi) is 6.83. The van der Waals surface area contributed by atoms with Crippen molar-refractivity contribution in [3.63, 3.8) is 0 Å². The molecule has 4 heteroatoms. The second-order valence-electron chi connectivity index (χ2n) is 7.00. The normalized spacial score (nSPS) is 15.7. The highest BCUT2D eigenvalue weighted by molar-refractivity contribution is 5.44. The van der Waals surface area contributed by atoms with Crippen molar-refractivity contribution < 1.29 is 0 Å². The molecule has 1 aromatic heterocycles. The van der Waals surface area contributed by atoms with E-state index in [1.807, 2.05) is 12.4 Å². The molecule has 2 heterocycles. The Balaban J connectivity index is 1.29. The number of pyridine rings is 1. The molecule has 25 heavy (non-hydrogen) atoms. The van der Waals surface area contributed by atoms with E-state index in [9.17, 15) is 0 Å². The summed E-state index contributed by atoms with van der Waals surface area (Å²) in [4.78, 5) is 8.97. The van der Waals surface area contributed by atoms with Gasteiger partial charge < -0.3 is 15.1 Å². The number of nitrogens with one attached hydrogen (secondary N) is 1. The third-order valence-corrected chi connectivity index (χ3v) is 4.97. The number of hydrogen-bond acceptors (Lipinski definition) is 4. The predicted octanol–water partition coefficient (Wildman–Crippen LogP) is 3.16. The van der Waals surface area contributed by atoms with Gasteiger partial charge >= 0.3 is 0 Å². The van der Waals surface area contributed by atoms with E-state index in [1.54, 1.807) is 0 Å². The average Bonchev–Trinajstić information content (AvgIpc) is 2.67. The molecule has 0 spiro atoms. The summed E-state index contributed by atoms with van der Waals surface area (Å²) < 4.78 is 0. The van der Waals surface area contributed by atoms with Gasteiger partial charge in [0.25, 0.3) is 0 Å². The smallest absolute Gasteiger partial charge is 0.0397 e. The Morgan fingerprint density at radius 2 is 1.80 bits per heavy atom. The maximum absolute atomic E-state index is 4.10. The standard InChI is InChI=1S/C21H30N4/c1-24(18-19-6-3-2-4-7-19)15-5-12-23-20-10-16-25(17-11-20)21-8-13-22-14-9-21/h2-4,6-9,13-14,20,23H,5,10-12,15-18H2,1H3. The van der Waals surface area contributed by atoms with Crippen molar-refractivity contribution in [1.29, 1.82) is 0 Å². The highest BCUT2D eigenvalue weighted by Gasteiger charge is 2.18. The summed E-state index contributed by atoms with van der Waals surface area (Å²) in [5.41, 5.74) is 2.69. The molecule has 1 aromatic carbocycles. The molecule has 0 atom stereocenters. The fourth-order valence-electron chi connectivity index (χ4n) is 3.53. The molecule has 0 saturated carbocycles. The lowest BCUT2D eigenvalue weighted by atomic mass is 10.0. The van der Waals surface area contributed by atoms with E-state index in [0.717, 1.165) is 32.7 Å². The van der Waals surface area contributed by atoms with E-state index < -0.39 is 0 Å². The van der Waals surface area contributed by atoms with E-state index in [0.29, 0.717) is 6.04 Å². The van der Waals surface area contributed by atoms with Gasteiger partial charge in [-0.25, -0.2) is 0 Å².